The summed E-state index contributed by atoms with van der Waals surface area (Å²) < 4.78 is 23.4. The van der Waals surface area contributed by atoms with Crippen LogP contribution >= 0.6 is 11.3 Å². The summed E-state index contributed by atoms with van der Waals surface area (Å²) in [6.45, 7) is 0. The van der Waals surface area contributed by atoms with Gasteiger partial charge in [-0.2, -0.15) is 0 Å². The van der Waals surface area contributed by atoms with Gasteiger partial charge >= 0.3 is 0 Å². The molecule has 0 aliphatic carbocycles. The molecule has 3 heterocycles. The van der Waals surface area contributed by atoms with Crippen LogP contribution in [0.2, 0.25) is 0 Å². The van der Waals surface area contributed by atoms with Crippen LogP contribution in [0, 0.1) is 5.82 Å². The minimum Gasteiger partial charge on any atom is -0.453 e. The molecule has 0 aliphatic heterocycles. The lowest BCUT2D eigenvalue weighted by Gasteiger charge is -2.09. The number of hydrogen-bond acceptors (Lipinski definition) is 6. The zero-order valence-electron chi connectivity index (χ0n) is 18.6. The third kappa shape index (κ3) is 4.80. The lowest BCUT2D eigenvalue weighted by Crippen LogP contribution is -2.31. The smallest absolute Gasteiger partial charge is 0.257 e. The molecular weight excluding hydrogens is 467 g/mol. The first kappa shape index (κ1) is 22.4. The summed E-state index contributed by atoms with van der Waals surface area (Å²) in [6, 6.07) is 16.5. The summed E-state index contributed by atoms with van der Waals surface area (Å²) in [5.41, 5.74) is 2.45. The zero-order valence-corrected chi connectivity index (χ0v) is 19.4. The number of carbonyl (C=O) groups is 2. The van der Waals surface area contributed by atoms with Crippen LogP contribution in [-0.2, 0) is 18.3 Å². The second kappa shape index (κ2) is 9.47. The number of carbonyl (C=O) groups excluding carboxylic acids is 2. The SMILES string of the molecule is Cn1cncc1-c1cc2nccc(Oc3ccc(C(=O)NC(=O)Cc4ccccc4)cc3F)c2s1. The minimum absolute atomic E-state index is 0.0192. The molecule has 5 aromatic rings. The highest BCUT2D eigenvalue weighted by Crippen LogP contribution is 2.39. The molecular formula is C26H19FN4O3S. The molecule has 3 aromatic heterocycles. The Morgan fingerprint density at radius 3 is 2.66 bits per heavy atom. The van der Waals surface area contributed by atoms with Crippen LogP contribution < -0.4 is 10.1 Å². The highest BCUT2D eigenvalue weighted by molar-refractivity contribution is 7.22. The summed E-state index contributed by atoms with van der Waals surface area (Å²) in [7, 11) is 1.90. The van der Waals surface area contributed by atoms with Crippen molar-refractivity contribution < 1.29 is 18.7 Å². The predicted octanol–water partition coefficient (Wildman–Crippen LogP) is 5.13. The van der Waals surface area contributed by atoms with Gasteiger partial charge in [0.25, 0.3) is 5.91 Å². The van der Waals surface area contributed by atoms with Crippen molar-refractivity contribution in [2.24, 2.45) is 7.05 Å². The molecule has 2 amide bonds. The Balaban J connectivity index is 1.33. The molecule has 0 spiro atoms. The summed E-state index contributed by atoms with van der Waals surface area (Å²) in [5.74, 6) is -1.46. The van der Waals surface area contributed by atoms with Crippen LogP contribution in [0.25, 0.3) is 20.8 Å². The number of benzene rings is 2. The molecule has 0 bridgehead atoms. The number of nitrogens with zero attached hydrogens (tertiary/aromatic N) is 3. The van der Waals surface area contributed by atoms with Crippen LogP contribution in [0.15, 0.2) is 79.4 Å². The van der Waals surface area contributed by atoms with Gasteiger partial charge in [0.15, 0.2) is 11.6 Å². The van der Waals surface area contributed by atoms with Crippen molar-refractivity contribution in [3.8, 4) is 22.1 Å². The van der Waals surface area contributed by atoms with Gasteiger partial charge in [0, 0.05) is 24.9 Å². The molecule has 0 unspecified atom stereocenters. The highest BCUT2D eigenvalue weighted by atomic mass is 32.1. The Bertz CT molecular complexity index is 1550. The molecule has 35 heavy (non-hydrogen) atoms. The Kier molecular flexibility index (Phi) is 6.07. The van der Waals surface area contributed by atoms with Crippen LogP contribution in [0.1, 0.15) is 15.9 Å². The predicted molar refractivity (Wildman–Crippen MR) is 131 cm³/mol. The average Bonchev–Trinajstić information content (AvgIpc) is 3.47. The molecule has 2 aromatic carbocycles. The highest BCUT2D eigenvalue weighted by Gasteiger charge is 2.17. The van der Waals surface area contributed by atoms with Crippen LogP contribution in [0.5, 0.6) is 11.5 Å². The average molecular weight is 487 g/mol. The molecule has 174 valence electrons. The monoisotopic (exact) mass is 486 g/mol. The van der Waals surface area contributed by atoms with Gasteiger partial charge in [0.05, 0.1) is 39.7 Å². The molecule has 0 atom stereocenters. The molecule has 0 aliphatic rings. The zero-order chi connectivity index (χ0) is 24.4. The summed E-state index contributed by atoms with van der Waals surface area (Å²) in [5, 5.41) is 2.29. The molecule has 0 radical (unpaired) electrons. The van der Waals surface area contributed by atoms with Gasteiger partial charge in [-0.05, 0) is 29.8 Å². The summed E-state index contributed by atoms with van der Waals surface area (Å²) in [6.07, 6.45) is 5.12. The lowest BCUT2D eigenvalue weighted by atomic mass is 10.1. The maximum absolute atomic E-state index is 14.8. The fourth-order valence-electron chi connectivity index (χ4n) is 3.58. The van der Waals surface area contributed by atoms with Gasteiger partial charge in [0.2, 0.25) is 5.91 Å². The quantitative estimate of drug-likeness (QED) is 0.360. The van der Waals surface area contributed by atoms with Crippen molar-refractivity contribution in [3.63, 3.8) is 0 Å². The number of halogens is 1. The second-order valence-electron chi connectivity index (χ2n) is 7.81. The molecule has 0 saturated heterocycles. The molecule has 1 N–H and O–H groups in total. The summed E-state index contributed by atoms with van der Waals surface area (Å²) >= 11 is 1.46. The molecule has 7 nitrogen and oxygen atoms in total. The number of aryl methyl sites for hydroxylation is 1. The fourth-order valence-corrected chi connectivity index (χ4v) is 4.70. The number of imide groups is 1. The Hall–Kier alpha value is -4.37. The van der Waals surface area contributed by atoms with E-state index in [0.717, 1.165) is 32.4 Å². The van der Waals surface area contributed by atoms with Crippen molar-refractivity contribution in [1.82, 2.24) is 19.9 Å². The maximum Gasteiger partial charge on any atom is 0.257 e. The van der Waals surface area contributed by atoms with Gasteiger partial charge < -0.3 is 9.30 Å². The molecule has 0 fully saturated rings. The van der Waals surface area contributed by atoms with Gasteiger partial charge in [-0.15, -0.1) is 11.3 Å². The minimum atomic E-state index is -0.721. The number of pyridine rings is 1. The Morgan fingerprint density at radius 1 is 1.09 bits per heavy atom. The van der Waals surface area contributed by atoms with E-state index in [1.807, 2.05) is 35.9 Å². The number of hydrogen-bond donors (Lipinski definition) is 1. The lowest BCUT2D eigenvalue weighted by molar-refractivity contribution is -0.119. The van der Waals surface area contributed by atoms with E-state index in [1.165, 1.54) is 23.5 Å². The summed E-state index contributed by atoms with van der Waals surface area (Å²) in [4.78, 5) is 34.1. The van der Waals surface area contributed by atoms with Gasteiger partial charge in [-0.25, -0.2) is 9.37 Å². The van der Waals surface area contributed by atoms with E-state index in [2.05, 4.69) is 15.3 Å². The molecule has 9 heteroatoms. The normalized spacial score (nSPS) is 10.9. The van der Waals surface area contributed by atoms with Crippen LogP contribution in [0.4, 0.5) is 4.39 Å². The van der Waals surface area contributed by atoms with E-state index in [0.29, 0.717) is 5.75 Å². The standard InChI is InChI=1S/C26H19FN4O3S/c1-31-15-28-14-20(31)23-13-19-25(35-23)22(9-10-29-19)34-21-8-7-17(12-18(21)27)26(33)30-24(32)11-16-5-3-2-4-6-16/h2-10,12-15H,11H2,1H3,(H,30,32,33). The van der Waals surface area contributed by atoms with Crippen molar-refractivity contribution in [1.29, 1.82) is 0 Å². The number of imidazole rings is 1. The second-order valence-corrected chi connectivity index (χ2v) is 8.86. The number of rotatable bonds is 6. The van der Waals surface area contributed by atoms with Crippen molar-refractivity contribution in [2.45, 2.75) is 6.42 Å². The van der Waals surface area contributed by atoms with E-state index in [4.69, 9.17) is 4.74 Å². The molecule has 0 saturated carbocycles. The van der Waals surface area contributed by atoms with Gasteiger partial charge in [-0.3, -0.25) is 19.9 Å². The first-order valence-electron chi connectivity index (χ1n) is 10.7. The first-order valence-corrected chi connectivity index (χ1v) is 11.5. The van der Waals surface area contributed by atoms with Crippen molar-refractivity contribution in [3.05, 3.63) is 96.3 Å². The Labute approximate surface area is 203 Å². The third-order valence-corrected chi connectivity index (χ3v) is 6.48. The van der Waals surface area contributed by atoms with E-state index < -0.39 is 17.6 Å². The largest absolute Gasteiger partial charge is 0.453 e. The molecule has 5 rings (SSSR count). The number of nitrogens with one attached hydrogen (secondary N) is 1. The van der Waals surface area contributed by atoms with Gasteiger partial charge in [-0.1, -0.05) is 30.3 Å². The van der Waals surface area contributed by atoms with Gasteiger partial charge in [0.1, 0.15) is 5.75 Å². The van der Waals surface area contributed by atoms with Crippen LogP contribution in [0.3, 0.4) is 0 Å². The van der Waals surface area contributed by atoms with E-state index in [1.54, 1.807) is 36.9 Å². The first-order chi connectivity index (χ1) is 17.0. The Morgan fingerprint density at radius 2 is 1.91 bits per heavy atom. The van der Waals surface area contributed by atoms with E-state index in [9.17, 15) is 14.0 Å². The maximum atomic E-state index is 14.8. The van der Waals surface area contributed by atoms with Crippen molar-refractivity contribution in [2.75, 3.05) is 0 Å². The van der Waals surface area contributed by atoms with Crippen molar-refractivity contribution >= 4 is 33.4 Å². The van der Waals surface area contributed by atoms with Crippen LogP contribution in [-0.4, -0.2) is 26.3 Å². The number of amides is 2. The number of aromatic nitrogens is 3. The number of fused-ring (bicyclic) bond motifs is 1. The fraction of sp³-hybridized carbons (Fsp3) is 0.0769. The topological polar surface area (TPSA) is 86.1 Å². The van der Waals surface area contributed by atoms with E-state index >= 15 is 0 Å². The number of ether oxygens (including phenoxy) is 1. The van der Waals surface area contributed by atoms with E-state index in [-0.39, 0.29) is 17.7 Å². The number of thiophene rings is 1. The third-order valence-electron chi connectivity index (χ3n) is 5.32.